The molecule has 1 aromatic heterocycles. The van der Waals surface area contributed by atoms with Gasteiger partial charge in [0.05, 0.1) is 0 Å². The van der Waals surface area contributed by atoms with Gasteiger partial charge in [-0.2, -0.15) is 0 Å². The van der Waals surface area contributed by atoms with Gasteiger partial charge in [0, 0.05) is 0 Å². The van der Waals surface area contributed by atoms with Crippen LogP contribution in [0.4, 0.5) is 0 Å². The second-order valence-electron chi connectivity index (χ2n) is 5.72. The molecule has 124 valence electrons. The van der Waals surface area contributed by atoms with Gasteiger partial charge in [0.15, 0.2) is 0 Å². The van der Waals surface area contributed by atoms with E-state index in [2.05, 4.69) is 88.5 Å². The van der Waals surface area contributed by atoms with Crippen LogP contribution in [0, 0.1) is 6.20 Å². The zero-order valence-corrected chi connectivity index (χ0v) is 18.0. The fraction of sp³-hybridized carbons (Fsp3) is 0.0455. The smallest absolute Gasteiger partial charge is 0.105 e. The summed E-state index contributed by atoms with van der Waals surface area (Å²) in [4.78, 5) is 4.20. The molecule has 26 heavy (non-hydrogen) atoms. The monoisotopic (exact) mass is 408 g/mol. The summed E-state index contributed by atoms with van der Waals surface area (Å²) in [5.41, 5.74) is 3.09. The summed E-state index contributed by atoms with van der Waals surface area (Å²) >= 11 is 0.847. The average molecular weight is 410 g/mol. The summed E-state index contributed by atoms with van der Waals surface area (Å²) in [5.74, 6) is 0. The molecular formula is C22H17ClN2Zn. The largest absolute Gasteiger partial charge is 0.442 e. The van der Waals surface area contributed by atoms with Crippen LogP contribution in [-0.2, 0) is 22.9 Å². The van der Waals surface area contributed by atoms with Crippen LogP contribution in [0.5, 0.6) is 0 Å². The average Bonchev–Trinajstić information content (AvgIpc) is 3.28. The van der Waals surface area contributed by atoms with Crippen molar-refractivity contribution in [3.8, 4) is 0 Å². The molecule has 0 atom stereocenters. The van der Waals surface area contributed by atoms with E-state index in [1.807, 2.05) is 30.7 Å². The molecule has 0 radical (unpaired) electrons. The van der Waals surface area contributed by atoms with Crippen molar-refractivity contribution in [1.29, 1.82) is 0 Å². The Balaban J connectivity index is 0.000000948. The number of rotatable bonds is 4. The Kier molecular flexibility index (Phi) is 6.38. The van der Waals surface area contributed by atoms with E-state index in [-0.39, 0.29) is 0 Å². The maximum absolute atomic E-state index is 4.76. The van der Waals surface area contributed by atoms with E-state index in [1.54, 1.807) is 0 Å². The normalized spacial score (nSPS) is 10.7. The van der Waals surface area contributed by atoms with E-state index in [1.165, 1.54) is 16.7 Å². The molecule has 4 rings (SSSR count). The van der Waals surface area contributed by atoms with Crippen molar-refractivity contribution in [2.75, 3.05) is 0 Å². The van der Waals surface area contributed by atoms with Gasteiger partial charge in [0.25, 0.3) is 0 Å². The first kappa shape index (κ1) is 18.6. The van der Waals surface area contributed by atoms with Gasteiger partial charge in [-0.05, 0) is 16.7 Å². The maximum atomic E-state index is 4.76. The van der Waals surface area contributed by atoms with Crippen LogP contribution in [0.15, 0.2) is 104 Å². The zero-order valence-electron chi connectivity index (χ0n) is 14.3. The van der Waals surface area contributed by atoms with Crippen LogP contribution in [0.2, 0.25) is 0 Å². The Labute approximate surface area is 168 Å². The second kappa shape index (κ2) is 8.94. The number of benzene rings is 3. The van der Waals surface area contributed by atoms with Gasteiger partial charge in [0.2, 0.25) is 0 Å². The molecule has 4 aromatic rings. The third-order valence-corrected chi connectivity index (χ3v) is 4.42. The van der Waals surface area contributed by atoms with Crippen molar-refractivity contribution >= 4 is 9.69 Å². The van der Waals surface area contributed by atoms with Crippen molar-refractivity contribution in [3.63, 3.8) is 0 Å². The first-order valence-electron chi connectivity index (χ1n) is 8.26. The van der Waals surface area contributed by atoms with Crippen molar-refractivity contribution in [1.82, 2.24) is 9.55 Å². The third-order valence-electron chi connectivity index (χ3n) is 4.42. The Morgan fingerprint density at radius 2 is 1.08 bits per heavy atom. The van der Waals surface area contributed by atoms with Gasteiger partial charge in [-0.3, -0.25) is 0 Å². The molecule has 2 nitrogen and oxygen atoms in total. The Hall–Kier alpha value is -2.22. The summed E-state index contributed by atoms with van der Waals surface area (Å²) in [7, 11) is 4.76. The van der Waals surface area contributed by atoms with Crippen LogP contribution in [-0.4, -0.2) is 9.55 Å². The van der Waals surface area contributed by atoms with E-state index >= 15 is 0 Å². The van der Waals surface area contributed by atoms with E-state index < -0.39 is 5.54 Å². The van der Waals surface area contributed by atoms with E-state index in [9.17, 15) is 0 Å². The van der Waals surface area contributed by atoms with E-state index in [4.69, 9.17) is 9.69 Å². The molecule has 0 amide bonds. The number of aromatic nitrogens is 2. The van der Waals surface area contributed by atoms with Crippen LogP contribution in [0.25, 0.3) is 0 Å². The van der Waals surface area contributed by atoms with Gasteiger partial charge in [-0.15, -0.1) is 6.20 Å². The molecule has 1 heterocycles. The third kappa shape index (κ3) is 3.38. The van der Waals surface area contributed by atoms with Gasteiger partial charge in [0.1, 0.15) is 5.54 Å². The molecule has 3 aromatic carbocycles. The summed E-state index contributed by atoms with van der Waals surface area (Å²) in [6, 6.07) is 31.6. The number of halogens is 1. The summed E-state index contributed by atoms with van der Waals surface area (Å²) in [6.07, 6.45) is 6.71. The fourth-order valence-corrected chi connectivity index (χ4v) is 3.39. The molecule has 0 saturated heterocycles. The van der Waals surface area contributed by atoms with Crippen molar-refractivity contribution in [2.45, 2.75) is 5.54 Å². The minimum atomic E-state index is -0.475. The van der Waals surface area contributed by atoms with Gasteiger partial charge in [-0.25, -0.2) is 0 Å². The molecule has 0 spiro atoms. The molecule has 0 saturated carbocycles. The molecule has 0 aliphatic carbocycles. The molecule has 4 heteroatoms. The molecular weight excluding hydrogens is 393 g/mol. The van der Waals surface area contributed by atoms with Crippen molar-refractivity contribution < 1.29 is 17.3 Å². The van der Waals surface area contributed by atoms with Crippen molar-refractivity contribution in [2.24, 2.45) is 0 Å². The van der Waals surface area contributed by atoms with Crippen LogP contribution < -0.4 is 0 Å². The molecule has 0 unspecified atom stereocenters. The predicted molar refractivity (Wildman–Crippen MR) is 102 cm³/mol. The molecule has 0 aliphatic heterocycles. The molecule has 0 fully saturated rings. The van der Waals surface area contributed by atoms with Crippen LogP contribution >= 0.6 is 9.69 Å². The Morgan fingerprint density at radius 3 is 1.38 bits per heavy atom. The first-order valence-corrected chi connectivity index (χ1v) is 12.2. The van der Waals surface area contributed by atoms with Gasteiger partial charge >= 0.3 is 27.0 Å². The molecule has 0 N–H and O–H groups in total. The van der Waals surface area contributed by atoms with Crippen molar-refractivity contribution in [3.05, 3.63) is 126 Å². The van der Waals surface area contributed by atoms with Crippen LogP contribution in [0.1, 0.15) is 16.7 Å². The molecule has 0 bridgehead atoms. The topological polar surface area (TPSA) is 17.8 Å². The Bertz CT molecular complexity index is 798. The van der Waals surface area contributed by atoms with Gasteiger partial charge in [-0.1, -0.05) is 104 Å². The predicted octanol–water partition coefficient (Wildman–Crippen LogP) is 5.21. The van der Waals surface area contributed by atoms with E-state index in [0.29, 0.717) is 0 Å². The second-order valence-corrected chi connectivity index (χ2v) is 5.72. The van der Waals surface area contributed by atoms with Gasteiger partial charge < -0.3 is 9.55 Å². The number of hydrogen-bond acceptors (Lipinski definition) is 1. The number of nitrogens with zero attached hydrogens (tertiary/aromatic N) is 2. The first-order chi connectivity index (χ1) is 12.9. The number of imidazole rings is 1. The van der Waals surface area contributed by atoms with Crippen LogP contribution in [0.3, 0.4) is 0 Å². The summed E-state index contributed by atoms with van der Waals surface area (Å²) < 4.78 is 2.13. The number of hydrogen-bond donors (Lipinski definition) is 0. The maximum Gasteiger partial charge on any atom is 0.105 e. The van der Waals surface area contributed by atoms with E-state index in [0.717, 1.165) is 17.3 Å². The zero-order chi connectivity index (χ0) is 18.2. The Morgan fingerprint density at radius 1 is 0.692 bits per heavy atom. The molecule has 0 aliphatic rings. The SMILES string of the molecule is [Cl][Zn+].[c-]1cn(C(c2ccccc2)(c2ccccc2)c2ccccc2)cn1. The summed E-state index contributed by atoms with van der Waals surface area (Å²) in [5, 5.41) is 0. The summed E-state index contributed by atoms with van der Waals surface area (Å²) in [6.45, 7) is 0. The quantitative estimate of drug-likeness (QED) is 0.257. The fourth-order valence-electron chi connectivity index (χ4n) is 3.39. The minimum Gasteiger partial charge on any atom is -0.442 e. The standard InChI is InChI=1S/C22H17N2.ClH.Zn/c1-4-10-19(11-5-1)22(24-17-16-23-18-24,20-12-6-2-7-13-20)21-14-8-3-9-15-21;;/h1-15,17-18H;1H;/q-1;;+2/p-1. The minimum absolute atomic E-state index is 0.475.